The Morgan fingerprint density at radius 1 is 1.05 bits per heavy atom. The highest BCUT2D eigenvalue weighted by molar-refractivity contribution is 5.94. The zero-order valence-corrected chi connectivity index (χ0v) is 13.2. The average Bonchev–Trinajstić information content (AvgIpc) is 2.55. The monoisotopic (exact) mass is 303 g/mol. The van der Waals surface area contributed by atoms with E-state index < -0.39 is 0 Å². The maximum Gasteiger partial charge on any atom is 0.243 e. The molecule has 2 N–H and O–H groups in total. The number of anilines is 2. The van der Waals surface area contributed by atoms with Gasteiger partial charge in [-0.3, -0.25) is 9.59 Å². The van der Waals surface area contributed by atoms with Crippen molar-refractivity contribution < 1.29 is 9.59 Å². The SMILES string of the molecule is CCCC(=O)NCC(=O)Nc1ccc(N2CCCCC2)cc1. The fourth-order valence-corrected chi connectivity index (χ4v) is 2.61. The van der Waals surface area contributed by atoms with E-state index in [0.717, 1.165) is 25.2 Å². The first-order valence-electron chi connectivity index (χ1n) is 8.10. The number of benzene rings is 1. The molecule has 1 aliphatic rings. The van der Waals surface area contributed by atoms with Crippen molar-refractivity contribution in [2.24, 2.45) is 0 Å². The van der Waals surface area contributed by atoms with Crippen molar-refractivity contribution in [1.82, 2.24) is 5.32 Å². The Morgan fingerprint density at radius 3 is 2.36 bits per heavy atom. The van der Waals surface area contributed by atoms with E-state index in [2.05, 4.69) is 15.5 Å². The summed E-state index contributed by atoms with van der Waals surface area (Å²) < 4.78 is 0. The Labute approximate surface area is 132 Å². The van der Waals surface area contributed by atoms with E-state index in [9.17, 15) is 9.59 Å². The number of nitrogens with one attached hydrogen (secondary N) is 2. The third kappa shape index (κ3) is 5.06. The van der Waals surface area contributed by atoms with Crippen LogP contribution in [-0.4, -0.2) is 31.4 Å². The molecule has 0 spiro atoms. The van der Waals surface area contributed by atoms with Crippen LogP contribution in [0.1, 0.15) is 39.0 Å². The van der Waals surface area contributed by atoms with Crippen LogP contribution in [0.4, 0.5) is 11.4 Å². The van der Waals surface area contributed by atoms with Crippen LogP contribution < -0.4 is 15.5 Å². The lowest BCUT2D eigenvalue weighted by atomic mass is 10.1. The molecule has 0 aromatic heterocycles. The highest BCUT2D eigenvalue weighted by Crippen LogP contribution is 2.21. The molecule has 1 saturated heterocycles. The first-order valence-corrected chi connectivity index (χ1v) is 8.10. The fourth-order valence-electron chi connectivity index (χ4n) is 2.61. The van der Waals surface area contributed by atoms with Crippen LogP contribution in [0.2, 0.25) is 0 Å². The maximum atomic E-state index is 11.8. The second-order valence-corrected chi connectivity index (χ2v) is 5.67. The second-order valence-electron chi connectivity index (χ2n) is 5.67. The Hall–Kier alpha value is -2.04. The molecule has 0 saturated carbocycles. The van der Waals surface area contributed by atoms with Crippen molar-refractivity contribution in [2.45, 2.75) is 39.0 Å². The first-order chi connectivity index (χ1) is 10.7. The fraction of sp³-hybridized carbons (Fsp3) is 0.529. The van der Waals surface area contributed by atoms with Gasteiger partial charge in [-0.2, -0.15) is 0 Å². The molecule has 2 amide bonds. The summed E-state index contributed by atoms with van der Waals surface area (Å²) in [5.41, 5.74) is 1.96. The normalized spacial score (nSPS) is 14.5. The minimum absolute atomic E-state index is 0.0205. The molecule has 1 aromatic carbocycles. The van der Waals surface area contributed by atoms with E-state index in [-0.39, 0.29) is 18.4 Å². The summed E-state index contributed by atoms with van der Waals surface area (Å²) in [7, 11) is 0. The molecule has 120 valence electrons. The zero-order valence-electron chi connectivity index (χ0n) is 13.2. The molecular weight excluding hydrogens is 278 g/mol. The molecule has 5 heteroatoms. The van der Waals surface area contributed by atoms with E-state index in [1.807, 2.05) is 31.2 Å². The molecule has 0 bridgehead atoms. The number of hydrogen-bond acceptors (Lipinski definition) is 3. The number of piperidine rings is 1. The molecule has 22 heavy (non-hydrogen) atoms. The van der Waals surface area contributed by atoms with Gasteiger partial charge in [0.2, 0.25) is 11.8 Å². The van der Waals surface area contributed by atoms with Crippen LogP contribution >= 0.6 is 0 Å². The summed E-state index contributed by atoms with van der Waals surface area (Å²) in [6.45, 7) is 4.17. The standard InChI is InChI=1S/C17H25N3O2/c1-2-6-16(21)18-13-17(22)19-14-7-9-15(10-8-14)20-11-4-3-5-12-20/h7-10H,2-6,11-13H2,1H3,(H,18,21)(H,19,22). The number of carbonyl (C=O) groups is 2. The lowest BCUT2D eigenvalue weighted by Crippen LogP contribution is -2.32. The molecule has 5 nitrogen and oxygen atoms in total. The highest BCUT2D eigenvalue weighted by atomic mass is 16.2. The molecule has 1 heterocycles. The summed E-state index contributed by atoms with van der Waals surface area (Å²) >= 11 is 0. The summed E-state index contributed by atoms with van der Waals surface area (Å²) in [5, 5.41) is 5.40. The Kier molecular flexibility index (Phi) is 6.25. The van der Waals surface area contributed by atoms with Gasteiger partial charge in [-0.25, -0.2) is 0 Å². The van der Waals surface area contributed by atoms with Gasteiger partial charge < -0.3 is 15.5 Å². The predicted molar refractivity (Wildman–Crippen MR) is 89.1 cm³/mol. The molecule has 1 aromatic rings. The van der Waals surface area contributed by atoms with Crippen molar-refractivity contribution in [3.63, 3.8) is 0 Å². The topological polar surface area (TPSA) is 61.4 Å². The van der Waals surface area contributed by atoms with E-state index in [1.165, 1.54) is 24.9 Å². The molecule has 1 aliphatic heterocycles. The number of nitrogens with zero attached hydrogens (tertiary/aromatic N) is 1. The highest BCUT2D eigenvalue weighted by Gasteiger charge is 2.11. The smallest absolute Gasteiger partial charge is 0.243 e. The van der Waals surface area contributed by atoms with Crippen LogP contribution in [0, 0.1) is 0 Å². The molecule has 0 atom stereocenters. The van der Waals surface area contributed by atoms with Crippen LogP contribution in [-0.2, 0) is 9.59 Å². The quantitative estimate of drug-likeness (QED) is 0.849. The summed E-state index contributed by atoms with van der Waals surface area (Å²) in [4.78, 5) is 25.5. The maximum absolute atomic E-state index is 11.8. The van der Waals surface area contributed by atoms with Gasteiger partial charge in [0, 0.05) is 30.9 Å². The minimum atomic E-state index is -0.199. The van der Waals surface area contributed by atoms with Crippen molar-refractivity contribution in [3.8, 4) is 0 Å². The van der Waals surface area contributed by atoms with Crippen LogP contribution in [0.25, 0.3) is 0 Å². The first kappa shape index (κ1) is 16.3. The summed E-state index contributed by atoms with van der Waals surface area (Å²) in [6, 6.07) is 7.90. The van der Waals surface area contributed by atoms with Gasteiger partial charge in [0.05, 0.1) is 6.54 Å². The molecule has 1 fully saturated rings. The third-order valence-corrected chi connectivity index (χ3v) is 3.80. The van der Waals surface area contributed by atoms with Gasteiger partial charge in [0.25, 0.3) is 0 Å². The summed E-state index contributed by atoms with van der Waals surface area (Å²) in [5.74, 6) is -0.284. The number of carbonyl (C=O) groups excluding carboxylic acids is 2. The molecule has 0 aliphatic carbocycles. The molecule has 0 radical (unpaired) electrons. The number of rotatable bonds is 6. The minimum Gasteiger partial charge on any atom is -0.372 e. The van der Waals surface area contributed by atoms with E-state index in [0.29, 0.717) is 6.42 Å². The Bertz CT molecular complexity index is 493. The average molecular weight is 303 g/mol. The van der Waals surface area contributed by atoms with Crippen molar-refractivity contribution >= 4 is 23.2 Å². The van der Waals surface area contributed by atoms with Gasteiger partial charge >= 0.3 is 0 Å². The van der Waals surface area contributed by atoms with Gasteiger partial charge in [-0.15, -0.1) is 0 Å². The van der Waals surface area contributed by atoms with Gasteiger partial charge in [0.15, 0.2) is 0 Å². The molecule has 0 unspecified atom stereocenters. The zero-order chi connectivity index (χ0) is 15.8. The van der Waals surface area contributed by atoms with Gasteiger partial charge in [-0.05, 0) is 49.9 Å². The Morgan fingerprint density at radius 2 is 1.73 bits per heavy atom. The number of hydrogen-bond donors (Lipinski definition) is 2. The van der Waals surface area contributed by atoms with Gasteiger partial charge in [-0.1, -0.05) is 6.92 Å². The van der Waals surface area contributed by atoms with Crippen LogP contribution in [0.3, 0.4) is 0 Å². The second kappa shape index (κ2) is 8.41. The van der Waals surface area contributed by atoms with Crippen LogP contribution in [0.15, 0.2) is 24.3 Å². The van der Waals surface area contributed by atoms with E-state index in [1.54, 1.807) is 0 Å². The molecule has 2 rings (SSSR count). The lowest BCUT2D eigenvalue weighted by molar-refractivity contribution is -0.124. The van der Waals surface area contributed by atoms with E-state index in [4.69, 9.17) is 0 Å². The summed E-state index contributed by atoms with van der Waals surface area (Å²) in [6.07, 6.45) is 5.05. The lowest BCUT2D eigenvalue weighted by Gasteiger charge is -2.28. The molecular formula is C17H25N3O2. The Balaban J connectivity index is 1.80. The predicted octanol–water partition coefficient (Wildman–Crippen LogP) is 2.53. The van der Waals surface area contributed by atoms with Crippen molar-refractivity contribution in [2.75, 3.05) is 29.9 Å². The van der Waals surface area contributed by atoms with E-state index >= 15 is 0 Å². The van der Waals surface area contributed by atoms with Crippen molar-refractivity contribution in [3.05, 3.63) is 24.3 Å². The number of amides is 2. The van der Waals surface area contributed by atoms with Gasteiger partial charge in [0.1, 0.15) is 0 Å². The third-order valence-electron chi connectivity index (χ3n) is 3.80. The van der Waals surface area contributed by atoms with Crippen molar-refractivity contribution in [1.29, 1.82) is 0 Å². The largest absolute Gasteiger partial charge is 0.372 e. The van der Waals surface area contributed by atoms with Crippen LogP contribution in [0.5, 0.6) is 0 Å².